The van der Waals surface area contributed by atoms with E-state index in [0.717, 1.165) is 13.0 Å². The summed E-state index contributed by atoms with van der Waals surface area (Å²) < 4.78 is 11.1. The summed E-state index contributed by atoms with van der Waals surface area (Å²) in [6.45, 7) is 4.68. The van der Waals surface area contributed by atoms with Crippen molar-refractivity contribution < 1.29 is 18.7 Å². The first-order valence-corrected chi connectivity index (χ1v) is 7.35. The first kappa shape index (κ1) is 14.1. The number of nitrogens with zero attached hydrogens (tertiary/aromatic N) is 2. The molecule has 2 amide bonds. The fourth-order valence-corrected chi connectivity index (χ4v) is 3.08. The molecule has 3 heterocycles. The predicted molar refractivity (Wildman–Crippen MR) is 74.7 cm³/mol. The van der Waals surface area contributed by atoms with Crippen LogP contribution in [0.25, 0.3) is 0 Å². The van der Waals surface area contributed by atoms with E-state index >= 15 is 0 Å². The Morgan fingerprint density at radius 3 is 2.81 bits per heavy atom. The van der Waals surface area contributed by atoms with E-state index in [4.69, 9.17) is 9.15 Å². The number of fused-ring (bicyclic) bond motifs is 1. The van der Waals surface area contributed by atoms with Crippen molar-refractivity contribution >= 4 is 11.8 Å². The van der Waals surface area contributed by atoms with Crippen molar-refractivity contribution in [3.05, 3.63) is 24.2 Å². The molecular weight excluding hydrogens is 272 g/mol. The molecule has 0 N–H and O–H groups in total. The topological polar surface area (TPSA) is 63.0 Å². The van der Waals surface area contributed by atoms with Crippen LogP contribution in [0.3, 0.4) is 0 Å². The average Bonchev–Trinajstić information content (AvgIpc) is 2.92. The van der Waals surface area contributed by atoms with Crippen molar-refractivity contribution in [2.24, 2.45) is 5.92 Å². The molecule has 1 aromatic rings. The van der Waals surface area contributed by atoms with Gasteiger partial charge in [-0.25, -0.2) is 0 Å². The summed E-state index contributed by atoms with van der Waals surface area (Å²) in [7, 11) is 0. The largest absolute Gasteiger partial charge is 0.459 e. The number of rotatable bonds is 1. The van der Waals surface area contributed by atoms with E-state index < -0.39 is 0 Å². The van der Waals surface area contributed by atoms with Gasteiger partial charge < -0.3 is 19.0 Å². The molecule has 2 saturated heterocycles. The van der Waals surface area contributed by atoms with Gasteiger partial charge in [-0.1, -0.05) is 0 Å². The van der Waals surface area contributed by atoms with Crippen LogP contribution in [0.2, 0.25) is 0 Å². The Morgan fingerprint density at radius 1 is 1.24 bits per heavy atom. The monoisotopic (exact) mass is 292 g/mol. The number of likely N-dealkylation sites (tertiary alicyclic amines) is 1. The van der Waals surface area contributed by atoms with Gasteiger partial charge in [-0.2, -0.15) is 0 Å². The van der Waals surface area contributed by atoms with Gasteiger partial charge in [-0.05, 0) is 18.6 Å². The van der Waals surface area contributed by atoms with Gasteiger partial charge in [0.25, 0.3) is 5.91 Å². The Morgan fingerprint density at radius 2 is 2.10 bits per heavy atom. The van der Waals surface area contributed by atoms with Crippen LogP contribution in [0.5, 0.6) is 0 Å². The first-order chi connectivity index (χ1) is 10.1. The van der Waals surface area contributed by atoms with E-state index in [9.17, 15) is 9.59 Å². The summed E-state index contributed by atoms with van der Waals surface area (Å²) in [4.78, 5) is 27.5. The molecule has 0 aliphatic carbocycles. The Bertz CT molecular complexity index is 514. The highest BCUT2D eigenvalue weighted by molar-refractivity contribution is 5.91. The van der Waals surface area contributed by atoms with Gasteiger partial charge in [0.15, 0.2) is 5.76 Å². The number of ether oxygens (including phenoxy) is 1. The smallest absolute Gasteiger partial charge is 0.289 e. The molecule has 0 radical (unpaired) electrons. The number of carbonyl (C=O) groups excluding carboxylic acids is 2. The van der Waals surface area contributed by atoms with Crippen LogP contribution < -0.4 is 0 Å². The van der Waals surface area contributed by atoms with Gasteiger partial charge in [0.05, 0.1) is 19.0 Å². The van der Waals surface area contributed by atoms with Crippen molar-refractivity contribution in [2.75, 3.05) is 32.8 Å². The average molecular weight is 292 g/mol. The second kappa shape index (κ2) is 5.89. The highest BCUT2D eigenvalue weighted by Gasteiger charge is 2.35. The number of hydrogen-bond donors (Lipinski definition) is 0. The molecule has 114 valence electrons. The van der Waals surface area contributed by atoms with E-state index in [0.29, 0.717) is 32.0 Å². The minimum absolute atomic E-state index is 0.0250. The van der Waals surface area contributed by atoms with Crippen LogP contribution in [-0.2, 0) is 9.53 Å². The third-order valence-corrected chi connectivity index (χ3v) is 4.31. The van der Waals surface area contributed by atoms with E-state index in [-0.39, 0.29) is 23.8 Å². The van der Waals surface area contributed by atoms with Crippen molar-refractivity contribution in [3.8, 4) is 0 Å². The molecule has 0 unspecified atom stereocenters. The zero-order valence-corrected chi connectivity index (χ0v) is 12.2. The number of amides is 2. The summed E-state index contributed by atoms with van der Waals surface area (Å²) in [6.07, 6.45) is 2.40. The number of furan rings is 1. The lowest BCUT2D eigenvalue weighted by Crippen LogP contribution is -2.48. The molecule has 21 heavy (non-hydrogen) atoms. The second-order valence-electron chi connectivity index (χ2n) is 5.65. The van der Waals surface area contributed by atoms with Crippen molar-refractivity contribution in [1.29, 1.82) is 0 Å². The third-order valence-electron chi connectivity index (χ3n) is 4.31. The van der Waals surface area contributed by atoms with E-state index in [2.05, 4.69) is 0 Å². The lowest BCUT2D eigenvalue weighted by atomic mass is 9.93. The van der Waals surface area contributed by atoms with Gasteiger partial charge in [0, 0.05) is 39.0 Å². The fraction of sp³-hybridized carbons (Fsp3) is 0.600. The van der Waals surface area contributed by atoms with Gasteiger partial charge in [-0.3, -0.25) is 9.59 Å². The van der Waals surface area contributed by atoms with E-state index in [1.165, 1.54) is 6.26 Å². The summed E-state index contributed by atoms with van der Waals surface area (Å²) in [5.41, 5.74) is 0. The maximum atomic E-state index is 12.4. The number of carbonyl (C=O) groups is 2. The maximum absolute atomic E-state index is 12.4. The lowest BCUT2D eigenvalue weighted by Gasteiger charge is -2.37. The molecule has 2 aliphatic heterocycles. The third kappa shape index (κ3) is 2.95. The predicted octanol–water partition coefficient (Wildman–Crippen LogP) is 0.989. The Kier molecular flexibility index (Phi) is 3.96. The second-order valence-corrected chi connectivity index (χ2v) is 5.65. The molecule has 0 aromatic carbocycles. The van der Waals surface area contributed by atoms with Crippen LogP contribution in [-0.4, -0.2) is 60.5 Å². The molecule has 0 spiro atoms. The number of piperidine rings is 1. The Labute approximate surface area is 123 Å². The summed E-state index contributed by atoms with van der Waals surface area (Å²) in [6, 6.07) is 3.40. The normalized spacial score (nSPS) is 26.1. The molecule has 2 aliphatic rings. The molecule has 3 rings (SSSR count). The maximum Gasteiger partial charge on any atom is 0.289 e. The molecular formula is C15H20N2O4. The number of hydrogen-bond acceptors (Lipinski definition) is 4. The standard InChI is InChI=1S/C15H20N2O4/c1-11(18)16-5-4-12-9-17(6-8-21-14(12)10-16)15(19)13-3-2-7-20-13/h2-3,7,12,14H,4-6,8-10H2,1H3/t12-,14-/m1/s1. The van der Waals surface area contributed by atoms with Crippen molar-refractivity contribution in [3.63, 3.8) is 0 Å². The van der Waals surface area contributed by atoms with Gasteiger partial charge in [0.2, 0.25) is 5.91 Å². The van der Waals surface area contributed by atoms with E-state index in [1.54, 1.807) is 24.0 Å². The van der Waals surface area contributed by atoms with Gasteiger partial charge in [0.1, 0.15) is 0 Å². The highest BCUT2D eigenvalue weighted by Crippen LogP contribution is 2.25. The molecule has 1 aromatic heterocycles. The van der Waals surface area contributed by atoms with Gasteiger partial charge >= 0.3 is 0 Å². The van der Waals surface area contributed by atoms with Crippen LogP contribution in [0.15, 0.2) is 22.8 Å². The molecule has 2 atom stereocenters. The zero-order valence-electron chi connectivity index (χ0n) is 12.2. The Hall–Kier alpha value is -1.82. The first-order valence-electron chi connectivity index (χ1n) is 7.35. The molecule has 0 bridgehead atoms. The SMILES string of the molecule is CC(=O)N1CC[C@@H]2CN(C(=O)c3ccco3)CCO[C@@H]2C1. The summed E-state index contributed by atoms with van der Waals surface area (Å²) >= 11 is 0. The van der Waals surface area contributed by atoms with Crippen molar-refractivity contribution in [1.82, 2.24) is 9.80 Å². The minimum atomic E-state index is -0.0850. The van der Waals surface area contributed by atoms with Crippen LogP contribution in [0.1, 0.15) is 23.9 Å². The molecule has 2 fully saturated rings. The van der Waals surface area contributed by atoms with Crippen molar-refractivity contribution in [2.45, 2.75) is 19.4 Å². The highest BCUT2D eigenvalue weighted by atomic mass is 16.5. The van der Waals surface area contributed by atoms with Crippen LogP contribution in [0.4, 0.5) is 0 Å². The minimum Gasteiger partial charge on any atom is -0.459 e. The van der Waals surface area contributed by atoms with Crippen LogP contribution in [0, 0.1) is 5.92 Å². The van der Waals surface area contributed by atoms with Gasteiger partial charge in [-0.15, -0.1) is 0 Å². The summed E-state index contributed by atoms with van der Waals surface area (Å²) in [5, 5.41) is 0. The van der Waals surface area contributed by atoms with E-state index in [1.807, 2.05) is 4.90 Å². The summed E-state index contributed by atoms with van der Waals surface area (Å²) in [5.74, 6) is 0.652. The quantitative estimate of drug-likeness (QED) is 0.774. The lowest BCUT2D eigenvalue weighted by molar-refractivity contribution is -0.134. The molecule has 6 nitrogen and oxygen atoms in total. The molecule has 0 saturated carbocycles. The van der Waals surface area contributed by atoms with Crippen LogP contribution >= 0.6 is 0 Å². The Balaban J connectivity index is 1.67. The fourth-order valence-electron chi connectivity index (χ4n) is 3.08. The zero-order chi connectivity index (χ0) is 14.8. The molecule has 6 heteroatoms.